The number of anilines is 1. The monoisotopic (exact) mass is 335 g/mol. The van der Waals surface area contributed by atoms with Crippen molar-refractivity contribution in [3.63, 3.8) is 0 Å². The van der Waals surface area contributed by atoms with Gasteiger partial charge >= 0.3 is 0 Å². The van der Waals surface area contributed by atoms with E-state index < -0.39 is 10.0 Å². The molecule has 0 bridgehead atoms. The van der Waals surface area contributed by atoms with Gasteiger partial charge in [0.15, 0.2) is 5.05 Å². The smallest absolute Gasteiger partial charge is 0.261 e. The molecule has 0 aliphatic heterocycles. The summed E-state index contributed by atoms with van der Waals surface area (Å²) in [5, 5.41) is 0.359. The lowest BCUT2D eigenvalue weighted by Crippen LogP contribution is -2.13. The zero-order valence-corrected chi connectivity index (χ0v) is 14.0. The molecule has 4 nitrogen and oxygen atoms in total. The van der Waals surface area contributed by atoms with Crippen LogP contribution >= 0.6 is 12.2 Å². The van der Waals surface area contributed by atoms with Crippen molar-refractivity contribution in [3.8, 4) is 0 Å². The SMILES string of the molecule is CCOC(=S)c1ccc(S(=O)(=O)Nc2ccc(C)cc2)cc1. The molecular weight excluding hydrogens is 318 g/mol. The van der Waals surface area contributed by atoms with Crippen LogP contribution in [-0.2, 0) is 14.8 Å². The van der Waals surface area contributed by atoms with Gasteiger partial charge in [-0.15, -0.1) is 0 Å². The van der Waals surface area contributed by atoms with Crippen LogP contribution in [0.3, 0.4) is 0 Å². The van der Waals surface area contributed by atoms with Crippen LogP contribution in [0, 0.1) is 6.92 Å². The number of hydrogen-bond acceptors (Lipinski definition) is 4. The third kappa shape index (κ3) is 4.05. The second-order valence-electron chi connectivity index (χ2n) is 4.72. The maximum Gasteiger partial charge on any atom is 0.261 e. The second-order valence-corrected chi connectivity index (χ2v) is 6.77. The fourth-order valence-electron chi connectivity index (χ4n) is 1.82. The van der Waals surface area contributed by atoms with Crippen LogP contribution in [0.2, 0.25) is 0 Å². The third-order valence-corrected chi connectivity index (χ3v) is 4.73. The van der Waals surface area contributed by atoms with Crippen molar-refractivity contribution >= 4 is 33.0 Å². The summed E-state index contributed by atoms with van der Waals surface area (Å²) < 4.78 is 32.4. The molecular formula is C16H17NO3S2. The summed E-state index contributed by atoms with van der Waals surface area (Å²) in [6.45, 7) is 4.27. The van der Waals surface area contributed by atoms with Gasteiger partial charge in [0.1, 0.15) is 0 Å². The van der Waals surface area contributed by atoms with Gasteiger partial charge < -0.3 is 4.74 Å². The van der Waals surface area contributed by atoms with Crippen LogP contribution < -0.4 is 4.72 Å². The lowest BCUT2D eigenvalue weighted by atomic mass is 10.2. The van der Waals surface area contributed by atoms with E-state index in [1.165, 1.54) is 12.1 Å². The van der Waals surface area contributed by atoms with E-state index in [0.29, 0.717) is 22.9 Å². The van der Waals surface area contributed by atoms with E-state index in [-0.39, 0.29) is 4.90 Å². The van der Waals surface area contributed by atoms with Gasteiger partial charge in [0.05, 0.1) is 11.5 Å². The van der Waals surface area contributed by atoms with Crippen LogP contribution in [0.5, 0.6) is 0 Å². The van der Waals surface area contributed by atoms with E-state index >= 15 is 0 Å². The zero-order valence-electron chi connectivity index (χ0n) is 12.4. The number of nitrogens with one attached hydrogen (secondary N) is 1. The number of thiocarbonyl (C=S) groups is 1. The van der Waals surface area contributed by atoms with E-state index in [1.807, 2.05) is 26.0 Å². The van der Waals surface area contributed by atoms with Crippen molar-refractivity contribution in [2.24, 2.45) is 0 Å². The highest BCUT2D eigenvalue weighted by Gasteiger charge is 2.14. The third-order valence-electron chi connectivity index (χ3n) is 2.98. The molecule has 0 atom stereocenters. The lowest BCUT2D eigenvalue weighted by molar-refractivity contribution is 0.337. The standard InChI is InChI=1S/C16H17NO3S2/c1-3-20-16(21)13-6-10-15(11-7-13)22(18,19)17-14-8-4-12(2)5-9-14/h4-11,17H,3H2,1-2H3. The molecule has 22 heavy (non-hydrogen) atoms. The van der Waals surface area contributed by atoms with E-state index in [4.69, 9.17) is 17.0 Å². The molecule has 6 heteroatoms. The maximum absolute atomic E-state index is 12.3. The summed E-state index contributed by atoms with van der Waals surface area (Å²) in [5.41, 5.74) is 2.28. The first kappa shape index (κ1) is 16.5. The Morgan fingerprint density at radius 1 is 1.09 bits per heavy atom. The molecule has 0 saturated heterocycles. The minimum absolute atomic E-state index is 0.177. The van der Waals surface area contributed by atoms with Gasteiger partial charge in [0, 0.05) is 11.3 Å². The molecule has 0 heterocycles. The van der Waals surface area contributed by atoms with Crippen molar-refractivity contribution < 1.29 is 13.2 Å². The molecule has 0 aliphatic carbocycles. The normalized spacial score (nSPS) is 11.0. The molecule has 0 aromatic heterocycles. The maximum atomic E-state index is 12.3. The molecule has 2 aromatic carbocycles. The number of hydrogen-bond donors (Lipinski definition) is 1. The van der Waals surface area contributed by atoms with Gasteiger partial charge in [-0.05, 0) is 62.5 Å². The van der Waals surface area contributed by atoms with Gasteiger partial charge in [-0.2, -0.15) is 0 Å². The van der Waals surface area contributed by atoms with Crippen molar-refractivity contribution in [1.29, 1.82) is 0 Å². The first-order chi connectivity index (χ1) is 10.4. The predicted molar refractivity (Wildman–Crippen MR) is 91.8 cm³/mol. The molecule has 0 unspecified atom stereocenters. The van der Waals surface area contributed by atoms with E-state index in [1.54, 1.807) is 24.3 Å². The average Bonchev–Trinajstić information content (AvgIpc) is 2.50. The highest BCUT2D eigenvalue weighted by Crippen LogP contribution is 2.17. The Kier molecular flexibility index (Phi) is 5.15. The number of benzene rings is 2. The summed E-state index contributed by atoms with van der Waals surface area (Å²) in [6, 6.07) is 13.5. The molecule has 0 spiro atoms. The van der Waals surface area contributed by atoms with Gasteiger partial charge in [0.25, 0.3) is 10.0 Å². The summed E-state index contributed by atoms with van der Waals surface area (Å²) >= 11 is 5.09. The fourth-order valence-corrected chi connectivity index (χ4v) is 3.13. The molecule has 0 radical (unpaired) electrons. The van der Waals surface area contributed by atoms with Crippen LogP contribution in [0.4, 0.5) is 5.69 Å². The molecule has 0 fully saturated rings. The lowest BCUT2D eigenvalue weighted by Gasteiger charge is -2.09. The van der Waals surface area contributed by atoms with Crippen LogP contribution in [-0.4, -0.2) is 20.1 Å². The molecule has 0 amide bonds. The largest absolute Gasteiger partial charge is 0.483 e. The Hall–Kier alpha value is -1.92. The van der Waals surface area contributed by atoms with Crippen LogP contribution in [0.1, 0.15) is 18.1 Å². The summed E-state index contributed by atoms with van der Waals surface area (Å²) in [5.74, 6) is 0. The van der Waals surface area contributed by atoms with Crippen molar-refractivity contribution in [1.82, 2.24) is 0 Å². The Morgan fingerprint density at radius 3 is 2.23 bits per heavy atom. The topological polar surface area (TPSA) is 55.4 Å². The highest BCUT2D eigenvalue weighted by molar-refractivity contribution is 7.92. The van der Waals surface area contributed by atoms with Gasteiger partial charge in [-0.3, -0.25) is 4.72 Å². The van der Waals surface area contributed by atoms with Gasteiger partial charge in [-0.25, -0.2) is 8.42 Å². The van der Waals surface area contributed by atoms with Crippen LogP contribution in [0.25, 0.3) is 0 Å². The minimum atomic E-state index is -3.62. The first-order valence-electron chi connectivity index (χ1n) is 6.79. The Labute approximate surface area is 136 Å². The number of aryl methyl sites for hydroxylation is 1. The quantitative estimate of drug-likeness (QED) is 0.850. The fraction of sp³-hybridized carbons (Fsp3) is 0.188. The number of rotatable bonds is 5. The van der Waals surface area contributed by atoms with Crippen molar-refractivity contribution in [2.75, 3.05) is 11.3 Å². The Morgan fingerprint density at radius 2 is 1.68 bits per heavy atom. The summed E-state index contributed by atoms with van der Waals surface area (Å²) in [7, 11) is -3.62. The van der Waals surface area contributed by atoms with Crippen molar-refractivity contribution in [2.45, 2.75) is 18.7 Å². The second kappa shape index (κ2) is 6.89. The number of sulfonamides is 1. The average molecular weight is 335 g/mol. The van der Waals surface area contributed by atoms with E-state index in [2.05, 4.69) is 4.72 Å². The summed E-state index contributed by atoms with van der Waals surface area (Å²) in [6.07, 6.45) is 0. The molecule has 116 valence electrons. The Balaban J connectivity index is 2.19. The number of ether oxygens (including phenoxy) is 1. The van der Waals surface area contributed by atoms with Gasteiger partial charge in [-0.1, -0.05) is 17.7 Å². The minimum Gasteiger partial charge on any atom is -0.483 e. The molecule has 0 saturated carbocycles. The zero-order chi connectivity index (χ0) is 16.2. The first-order valence-corrected chi connectivity index (χ1v) is 8.68. The highest BCUT2D eigenvalue weighted by atomic mass is 32.2. The molecule has 2 aromatic rings. The van der Waals surface area contributed by atoms with Gasteiger partial charge in [0.2, 0.25) is 0 Å². The molecule has 2 rings (SSSR count). The predicted octanol–water partition coefficient (Wildman–Crippen LogP) is 3.51. The summed E-state index contributed by atoms with van der Waals surface area (Å²) in [4.78, 5) is 0.177. The van der Waals surface area contributed by atoms with E-state index in [9.17, 15) is 8.42 Å². The van der Waals surface area contributed by atoms with Crippen LogP contribution in [0.15, 0.2) is 53.4 Å². The van der Waals surface area contributed by atoms with Crippen molar-refractivity contribution in [3.05, 3.63) is 59.7 Å². The molecule has 1 N–H and O–H groups in total. The molecule has 0 aliphatic rings. The Bertz CT molecular complexity index is 751. The van der Waals surface area contributed by atoms with E-state index in [0.717, 1.165) is 5.56 Å².